The van der Waals surface area contributed by atoms with Gasteiger partial charge in [0.15, 0.2) is 0 Å². The van der Waals surface area contributed by atoms with Crippen molar-refractivity contribution in [2.24, 2.45) is 0 Å². The van der Waals surface area contributed by atoms with Crippen molar-refractivity contribution in [1.29, 1.82) is 0 Å². The van der Waals surface area contributed by atoms with Gasteiger partial charge in [0.25, 0.3) is 5.24 Å². The molecule has 0 bridgehead atoms. The third kappa shape index (κ3) is 4.71. The number of rotatable bonds is 7. The fourth-order valence-corrected chi connectivity index (χ4v) is 3.76. The van der Waals surface area contributed by atoms with E-state index in [-0.39, 0.29) is 5.24 Å². The summed E-state index contributed by atoms with van der Waals surface area (Å²) in [7, 11) is 5.19. The normalized spacial score (nSPS) is 11.0. The molecule has 0 unspecified atom stereocenters. The number of fused-ring (bicyclic) bond motifs is 1. The molecule has 1 heterocycles. The lowest BCUT2D eigenvalue weighted by molar-refractivity contribution is 0.241. The summed E-state index contributed by atoms with van der Waals surface area (Å²) >= 11 is 1.19. The Morgan fingerprint density at radius 3 is 2.64 bits per heavy atom. The van der Waals surface area contributed by atoms with Crippen LogP contribution in [0.3, 0.4) is 0 Å². The molecule has 2 aromatic carbocycles. The minimum Gasteiger partial charge on any atom is -0.496 e. The Hall–Kier alpha value is -2.40. The first-order valence-electron chi connectivity index (χ1n) is 9.62. The fourth-order valence-electron chi connectivity index (χ4n) is 3.07. The van der Waals surface area contributed by atoms with E-state index >= 15 is 0 Å². The molecule has 3 aromatic rings. The Bertz CT molecular complexity index is 962. The highest BCUT2D eigenvalue weighted by Gasteiger charge is 2.14. The molecular weight excluding hydrogens is 370 g/mol. The van der Waals surface area contributed by atoms with E-state index in [2.05, 4.69) is 25.1 Å². The SMILES string of the molecule is CCCCCc1ccc(-c2cc3ccc(SC(=O)N(C)C)cc3o2)c(OC)c1. The van der Waals surface area contributed by atoms with Crippen molar-refractivity contribution < 1.29 is 13.9 Å². The molecule has 1 amide bonds. The van der Waals surface area contributed by atoms with Crippen LogP contribution in [0.4, 0.5) is 4.79 Å². The Labute approximate surface area is 170 Å². The van der Waals surface area contributed by atoms with E-state index in [1.807, 2.05) is 24.3 Å². The number of hydrogen-bond donors (Lipinski definition) is 0. The summed E-state index contributed by atoms with van der Waals surface area (Å²) in [6, 6.07) is 14.2. The first kappa shape index (κ1) is 20.3. The van der Waals surface area contributed by atoms with Gasteiger partial charge in [-0.2, -0.15) is 0 Å². The average Bonchev–Trinajstić information content (AvgIpc) is 3.11. The predicted molar refractivity (Wildman–Crippen MR) is 116 cm³/mol. The molecule has 0 saturated carbocycles. The number of amides is 1. The van der Waals surface area contributed by atoms with Gasteiger partial charge >= 0.3 is 0 Å². The third-order valence-electron chi connectivity index (χ3n) is 4.66. The van der Waals surface area contributed by atoms with Crippen molar-refractivity contribution in [3.05, 3.63) is 48.0 Å². The van der Waals surface area contributed by atoms with Crippen molar-refractivity contribution >= 4 is 28.0 Å². The van der Waals surface area contributed by atoms with Crippen LogP contribution in [0.5, 0.6) is 5.75 Å². The maximum absolute atomic E-state index is 11.9. The van der Waals surface area contributed by atoms with E-state index < -0.39 is 0 Å². The number of benzene rings is 2. The number of unbranched alkanes of at least 4 members (excludes halogenated alkanes) is 2. The summed E-state index contributed by atoms with van der Waals surface area (Å²) < 4.78 is 11.7. The average molecular weight is 398 g/mol. The molecule has 1 aromatic heterocycles. The van der Waals surface area contributed by atoms with Crippen molar-refractivity contribution in [2.45, 2.75) is 37.5 Å². The van der Waals surface area contributed by atoms with Crippen LogP contribution < -0.4 is 4.74 Å². The minimum absolute atomic E-state index is 0.00791. The van der Waals surface area contributed by atoms with Gasteiger partial charge in [-0.05, 0) is 66.6 Å². The number of nitrogens with zero attached hydrogens (tertiary/aromatic N) is 1. The Balaban J connectivity index is 1.87. The maximum Gasteiger partial charge on any atom is 0.285 e. The largest absolute Gasteiger partial charge is 0.496 e. The fraction of sp³-hybridized carbons (Fsp3) is 0.348. The lowest BCUT2D eigenvalue weighted by atomic mass is 10.0. The summed E-state index contributed by atoms with van der Waals surface area (Å²) in [6.45, 7) is 2.21. The molecule has 0 N–H and O–H groups in total. The number of carbonyl (C=O) groups excluding carboxylic acids is 1. The van der Waals surface area contributed by atoms with Gasteiger partial charge in [-0.25, -0.2) is 0 Å². The van der Waals surface area contributed by atoms with Crippen molar-refractivity contribution in [1.82, 2.24) is 4.90 Å². The molecule has 0 spiro atoms. The molecule has 0 atom stereocenters. The van der Waals surface area contributed by atoms with Crippen molar-refractivity contribution in [3.8, 4) is 17.1 Å². The first-order valence-corrected chi connectivity index (χ1v) is 10.4. The van der Waals surface area contributed by atoms with Crippen LogP contribution in [0.25, 0.3) is 22.3 Å². The molecule has 3 rings (SSSR count). The Morgan fingerprint density at radius 2 is 1.93 bits per heavy atom. The zero-order valence-electron chi connectivity index (χ0n) is 17.0. The Morgan fingerprint density at radius 1 is 1.11 bits per heavy atom. The van der Waals surface area contributed by atoms with Crippen LogP contribution in [0.1, 0.15) is 31.7 Å². The standard InChI is InChI=1S/C23H27NO3S/c1-5-6-7-8-16-9-12-19(21(13-16)26-4)22-14-17-10-11-18(15-20(17)27-22)28-23(25)24(2)3/h9-15H,5-8H2,1-4H3. The molecule has 5 heteroatoms. The van der Waals surface area contributed by atoms with Crippen LogP contribution in [-0.4, -0.2) is 31.3 Å². The third-order valence-corrected chi connectivity index (χ3v) is 5.69. The Kier molecular flexibility index (Phi) is 6.68. The van der Waals surface area contributed by atoms with Gasteiger partial charge in [-0.3, -0.25) is 4.79 Å². The molecule has 28 heavy (non-hydrogen) atoms. The molecule has 0 aliphatic heterocycles. The molecule has 148 valence electrons. The second-order valence-electron chi connectivity index (χ2n) is 7.06. The van der Waals surface area contributed by atoms with E-state index in [0.717, 1.165) is 39.4 Å². The van der Waals surface area contributed by atoms with Gasteiger partial charge in [0.1, 0.15) is 17.1 Å². The molecule has 0 saturated heterocycles. The number of methoxy groups -OCH3 is 1. The van der Waals surface area contributed by atoms with Gasteiger partial charge in [0.05, 0.1) is 12.7 Å². The summed E-state index contributed by atoms with van der Waals surface area (Å²) in [5.74, 6) is 1.60. The molecule has 4 nitrogen and oxygen atoms in total. The van der Waals surface area contributed by atoms with Crippen molar-refractivity contribution in [3.63, 3.8) is 0 Å². The lowest BCUT2D eigenvalue weighted by Crippen LogP contribution is -2.15. The zero-order valence-corrected chi connectivity index (χ0v) is 17.8. The van der Waals surface area contributed by atoms with Gasteiger partial charge in [-0.1, -0.05) is 25.8 Å². The van der Waals surface area contributed by atoms with Gasteiger partial charge in [0, 0.05) is 24.4 Å². The topological polar surface area (TPSA) is 42.7 Å². The highest BCUT2D eigenvalue weighted by Crippen LogP contribution is 2.36. The van der Waals surface area contributed by atoms with E-state index in [9.17, 15) is 4.79 Å². The summed E-state index contributed by atoms with van der Waals surface area (Å²) in [4.78, 5) is 14.4. The highest BCUT2D eigenvalue weighted by atomic mass is 32.2. The zero-order chi connectivity index (χ0) is 20.1. The summed E-state index contributed by atoms with van der Waals surface area (Å²) in [5.41, 5.74) is 2.99. The summed E-state index contributed by atoms with van der Waals surface area (Å²) in [5, 5.41) is 0.997. The predicted octanol–water partition coefficient (Wildman–Crippen LogP) is 6.61. The first-order chi connectivity index (χ1) is 13.5. The second kappa shape index (κ2) is 9.20. The van der Waals surface area contributed by atoms with Crippen LogP contribution in [-0.2, 0) is 6.42 Å². The summed E-state index contributed by atoms with van der Waals surface area (Å²) in [6.07, 6.45) is 4.71. The van der Waals surface area contributed by atoms with Crippen LogP contribution in [0.2, 0.25) is 0 Å². The van der Waals surface area contributed by atoms with Gasteiger partial charge < -0.3 is 14.1 Å². The molecule has 0 aliphatic carbocycles. The number of thioether (sulfide) groups is 1. The van der Waals surface area contributed by atoms with Gasteiger partial charge in [-0.15, -0.1) is 0 Å². The molecule has 0 aliphatic rings. The number of carbonyl (C=O) groups is 1. The quantitative estimate of drug-likeness (QED) is 0.332. The number of furan rings is 1. The minimum atomic E-state index is -0.00791. The van der Waals surface area contributed by atoms with Crippen LogP contribution in [0, 0.1) is 0 Å². The highest BCUT2D eigenvalue weighted by molar-refractivity contribution is 8.13. The maximum atomic E-state index is 11.9. The lowest BCUT2D eigenvalue weighted by Gasteiger charge is -2.09. The van der Waals surface area contributed by atoms with E-state index in [1.165, 1.54) is 36.6 Å². The number of hydrogen-bond acceptors (Lipinski definition) is 4. The monoisotopic (exact) mass is 397 g/mol. The second-order valence-corrected chi connectivity index (χ2v) is 8.09. The smallest absolute Gasteiger partial charge is 0.285 e. The van der Waals surface area contributed by atoms with E-state index in [1.54, 1.807) is 26.1 Å². The van der Waals surface area contributed by atoms with Crippen LogP contribution in [0.15, 0.2) is 51.8 Å². The number of aryl methyl sites for hydroxylation is 1. The van der Waals surface area contributed by atoms with Crippen molar-refractivity contribution in [2.75, 3.05) is 21.2 Å². The number of ether oxygens (including phenoxy) is 1. The molecular formula is C23H27NO3S. The van der Waals surface area contributed by atoms with E-state index in [0.29, 0.717) is 0 Å². The van der Waals surface area contributed by atoms with Crippen LogP contribution >= 0.6 is 11.8 Å². The molecule has 0 fully saturated rings. The molecule has 0 radical (unpaired) electrons. The van der Waals surface area contributed by atoms with E-state index in [4.69, 9.17) is 9.15 Å². The van der Waals surface area contributed by atoms with Gasteiger partial charge in [0.2, 0.25) is 0 Å².